The van der Waals surface area contributed by atoms with Crippen LogP contribution in [0.5, 0.6) is 0 Å². The van der Waals surface area contributed by atoms with Crippen molar-refractivity contribution in [1.82, 2.24) is 4.98 Å². The maximum absolute atomic E-state index is 6.01. The molecule has 0 spiro atoms. The van der Waals surface area contributed by atoms with E-state index in [1.54, 1.807) is 0 Å². The SMILES string of the molecule is CN(C)c1cccc2ccc3[o+]c4ccccc4nc3c12. The van der Waals surface area contributed by atoms with Gasteiger partial charge in [-0.25, -0.2) is 9.40 Å². The summed E-state index contributed by atoms with van der Waals surface area (Å²) < 4.78 is 6.01. The summed E-state index contributed by atoms with van der Waals surface area (Å²) in [7, 11) is 4.09. The first-order chi connectivity index (χ1) is 10.2. The summed E-state index contributed by atoms with van der Waals surface area (Å²) in [5, 5.41) is 2.31. The second kappa shape index (κ2) is 4.42. The van der Waals surface area contributed by atoms with Gasteiger partial charge in [-0.3, -0.25) is 0 Å². The van der Waals surface area contributed by atoms with Crippen LogP contribution in [0.2, 0.25) is 0 Å². The van der Waals surface area contributed by atoms with Crippen LogP contribution in [0, 0.1) is 0 Å². The van der Waals surface area contributed by atoms with Crippen LogP contribution in [0.1, 0.15) is 0 Å². The maximum atomic E-state index is 6.01. The lowest BCUT2D eigenvalue weighted by molar-refractivity contribution is 0.657. The van der Waals surface area contributed by atoms with Gasteiger partial charge in [-0.15, -0.1) is 0 Å². The zero-order chi connectivity index (χ0) is 14.4. The lowest BCUT2D eigenvalue weighted by Crippen LogP contribution is -2.09. The van der Waals surface area contributed by atoms with Gasteiger partial charge >= 0.3 is 11.2 Å². The van der Waals surface area contributed by atoms with E-state index in [-0.39, 0.29) is 0 Å². The number of aromatic nitrogens is 1. The molecular weight excluding hydrogens is 260 g/mol. The van der Waals surface area contributed by atoms with Crippen LogP contribution in [0.4, 0.5) is 5.69 Å². The molecule has 1 heterocycles. The zero-order valence-electron chi connectivity index (χ0n) is 12.0. The molecule has 102 valence electrons. The Labute approximate surface area is 122 Å². The smallest absolute Gasteiger partial charge is 0.377 e. The van der Waals surface area contributed by atoms with Gasteiger partial charge in [-0.2, -0.15) is 0 Å². The fourth-order valence-corrected chi connectivity index (χ4v) is 2.76. The Bertz CT molecular complexity index is 976. The molecule has 0 amide bonds. The molecule has 0 atom stereocenters. The number of hydrogen-bond acceptors (Lipinski definition) is 2. The number of anilines is 1. The Kier molecular flexibility index (Phi) is 2.54. The lowest BCUT2D eigenvalue weighted by Gasteiger charge is -2.15. The minimum absolute atomic E-state index is 0.812. The number of para-hydroxylation sites is 2. The standard InChI is InChI=1S/C18H15N2O/c1-20(2)14-8-5-6-12-10-11-16-18(17(12)14)19-13-7-3-4-9-15(13)21-16/h3-11H,1-2H3/q+1. The third-order valence-electron chi connectivity index (χ3n) is 3.76. The number of fused-ring (bicyclic) bond motifs is 4. The highest BCUT2D eigenvalue weighted by Gasteiger charge is 2.17. The van der Waals surface area contributed by atoms with Gasteiger partial charge in [0, 0.05) is 37.3 Å². The van der Waals surface area contributed by atoms with Crippen LogP contribution >= 0.6 is 0 Å². The minimum atomic E-state index is 0.812. The van der Waals surface area contributed by atoms with Gasteiger partial charge in [0.15, 0.2) is 11.0 Å². The minimum Gasteiger partial charge on any atom is -0.377 e. The molecule has 0 aliphatic rings. The normalized spacial score (nSPS) is 11.3. The zero-order valence-corrected chi connectivity index (χ0v) is 12.0. The molecule has 3 nitrogen and oxygen atoms in total. The molecule has 0 aliphatic heterocycles. The Morgan fingerprint density at radius 2 is 1.71 bits per heavy atom. The molecule has 0 saturated heterocycles. The predicted molar refractivity (Wildman–Crippen MR) is 87.8 cm³/mol. The Morgan fingerprint density at radius 3 is 2.57 bits per heavy atom. The molecule has 0 unspecified atom stereocenters. The summed E-state index contributed by atoms with van der Waals surface area (Å²) >= 11 is 0. The first kappa shape index (κ1) is 12.1. The van der Waals surface area contributed by atoms with E-state index in [2.05, 4.69) is 29.2 Å². The summed E-state index contributed by atoms with van der Waals surface area (Å²) in [5.74, 6) is 0. The van der Waals surface area contributed by atoms with Gasteiger partial charge in [0.05, 0.1) is 0 Å². The molecule has 1 aromatic heterocycles. The van der Waals surface area contributed by atoms with Crippen LogP contribution in [0.3, 0.4) is 0 Å². The average molecular weight is 275 g/mol. The van der Waals surface area contributed by atoms with Crippen LogP contribution < -0.4 is 4.90 Å². The quantitative estimate of drug-likeness (QED) is 0.291. The molecule has 21 heavy (non-hydrogen) atoms. The van der Waals surface area contributed by atoms with Crippen LogP contribution in [-0.2, 0) is 0 Å². The van der Waals surface area contributed by atoms with E-state index in [0.717, 1.165) is 33.3 Å². The highest BCUT2D eigenvalue weighted by Crippen LogP contribution is 2.33. The van der Waals surface area contributed by atoms with Crippen molar-refractivity contribution in [1.29, 1.82) is 0 Å². The topological polar surface area (TPSA) is 27.4 Å². The summed E-state index contributed by atoms with van der Waals surface area (Å²) in [6.45, 7) is 0. The van der Waals surface area contributed by atoms with Crippen molar-refractivity contribution in [3.8, 4) is 0 Å². The van der Waals surface area contributed by atoms with Crippen molar-refractivity contribution >= 4 is 38.7 Å². The van der Waals surface area contributed by atoms with E-state index in [4.69, 9.17) is 9.40 Å². The second-order valence-electron chi connectivity index (χ2n) is 5.36. The first-order valence-electron chi connectivity index (χ1n) is 6.96. The monoisotopic (exact) mass is 275 g/mol. The van der Waals surface area contributed by atoms with Crippen molar-refractivity contribution in [3.63, 3.8) is 0 Å². The van der Waals surface area contributed by atoms with Gasteiger partial charge in [-0.05, 0) is 23.6 Å². The molecular formula is C18H15N2O+. The molecule has 0 aliphatic carbocycles. The molecule has 0 fully saturated rings. The van der Waals surface area contributed by atoms with Gasteiger partial charge < -0.3 is 4.90 Å². The number of benzene rings is 3. The summed E-state index contributed by atoms with van der Waals surface area (Å²) in [4.78, 5) is 6.94. The van der Waals surface area contributed by atoms with E-state index in [9.17, 15) is 0 Å². The molecule has 4 aromatic rings. The van der Waals surface area contributed by atoms with Crippen molar-refractivity contribution in [2.24, 2.45) is 0 Å². The average Bonchev–Trinajstić information content (AvgIpc) is 2.52. The fraction of sp³-hybridized carbons (Fsp3) is 0.111. The molecule has 3 aromatic carbocycles. The fourth-order valence-electron chi connectivity index (χ4n) is 2.76. The number of nitrogens with zero attached hydrogens (tertiary/aromatic N) is 2. The highest BCUT2D eigenvalue weighted by atomic mass is 16.3. The molecule has 3 heteroatoms. The van der Waals surface area contributed by atoms with Crippen molar-refractivity contribution < 1.29 is 4.42 Å². The van der Waals surface area contributed by atoms with Crippen molar-refractivity contribution in [2.45, 2.75) is 0 Å². The lowest BCUT2D eigenvalue weighted by atomic mass is 10.1. The number of hydrogen-bond donors (Lipinski definition) is 0. The largest absolute Gasteiger partial charge is 0.379 e. The molecule has 4 rings (SSSR count). The summed E-state index contributed by atoms with van der Waals surface area (Å²) in [6, 6.07) is 18.2. The molecule has 0 N–H and O–H groups in total. The van der Waals surface area contributed by atoms with Crippen LogP contribution in [-0.4, -0.2) is 19.1 Å². The van der Waals surface area contributed by atoms with Crippen LogP contribution in [0.15, 0.2) is 59.0 Å². The number of rotatable bonds is 1. The first-order valence-corrected chi connectivity index (χ1v) is 6.96. The van der Waals surface area contributed by atoms with Gasteiger partial charge in [-0.1, -0.05) is 24.3 Å². The third-order valence-corrected chi connectivity index (χ3v) is 3.76. The van der Waals surface area contributed by atoms with Gasteiger partial charge in [0.2, 0.25) is 0 Å². The van der Waals surface area contributed by atoms with Crippen molar-refractivity contribution in [3.05, 3.63) is 54.6 Å². The van der Waals surface area contributed by atoms with Gasteiger partial charge in [0.25, 0.3) is 0 Å². The Balaban J connectivity index is 2.24. The summed E-state index contributed by atoms with van der Waals surface area (Å²) in [6.07, 6.45) is 0. The highest BCUT2D eigenvalue weighted by molar-refractivity contribution is 6.11. The van der Waals surface area contributed by atoms with Crippen LogP contribution in [0.25, 0.3) is 33.0 Å². The van der Waals surface area contributed by atoms with Crippen molar-refractivity contribution in [2.75, 3.05) is 19.0 Å². The molecule has 0 saturated carbocycles. The third kappa shape index (κ3) is 1.82. The molecule has 0 radical (unpaired) electrons. The maximum Gasteiger partial charge on any atom is 0.379 e. The van der Waals surface area contributed by atoms with E-state index >= 15 is 0 Å². The van der Waals surface area contributed by atoms with E-state index in [0.29, 0.717) is 0 Å². The Morgan fingerprint density at radius 1 is 0.857 bits per heavy atom. The Hall–Kier alpha value is -2.68. The molecule has 0 bridgehead atoms. The second-order valence-corrected chi connectivity index (χ2v) is 5.36. The van der Waals surface area contributed by atoms with Gasteiger partial charge in [0.1, 0.15) is 0 Å². The van der Waals surface area contributed by atoms with E-state index in [1.807, 2.05) is 44.4 Å². The summed E-state index contributed by atoms with van der Waals surface area (Å²) in [5.41, 5.74) is 4.57. The predicted octanol–water partition coefficient (Wildman–Crippen LogP) is 4.48. The van der Waals surface area contributed by atoms with E-state index < -0.39 is 0 Å². The van der Waals surface area contributed by atoms with E-state index in [1.165, 1.54) is 5.39 Å².